The summed E-state index contributed by atoms with van der Waals surface area (Å²) in [7, 11) is 3.00. The van der Waals surface area contributed by atoms with E-state index in [4.69, 9.17) is 33.2 Å². The first-order chi connectivity index (χ1) is 16.8. The van der Waals surface area contributed by atoms with Crippen LogP contribution in [0.5, 0.6) is 11.5 Å². The van der Waals surface area contributed by atoms with Gasteiger partial charge in [0.15, 0.2) is 5.60 Å². The van der Waals surface area contributed by atoms with Gasteiger partial charge in [-0.25, -0.2) is 4.79 Å². The first-order valence-electron chi connectivity index (χ1n) is 12.4. The van der Waals surface area contributed by atoms with E-state index in [2.05, 4.69) is 0 Å². The molecule has 4 fully saturated rings. The van der Waals surface area contributed by atoms with Crippen molar-refractivity contribution in [3.63, 3.8) is 0 Å². The van der Waals surface area contributed by atoms with Crippen LogP contribution in [0.25, 0.3) is 0 Å². The molecule has 3 saturated heterocycles. The van der Waals surface area contributed by atoms with Crippen LogP contribution in [0.1, 0.15) is 73.2 Å². The number of hydrogen-bond donors (Lipinski definition) is 2. The van der Waals surface area contributed by atoms with Crippen molar-refractivity contribution in [3.05, 3.63) is 22.3 Å². The molecule has 1 aliphatic carbocycles. The van der Waals surface area contributed by atoms with Gasteiger partial charge in [-0.3, -0.25) is 0 Å². The van der Waals surface area contributed by atoms with Crippen LogP contribution in [0.15, 0.2) is 0 Å². The molecular weight excluding hydrogens is 472 g/mol. The fourth-order valence-electron chi connectivity index (χ4n) is 8.91. The molecule has 5 aliphatic heterocycles. The van der Waals surface area contributed by atoms with Crippen LogP contribution in [-0.2, 0) is 30.3 Å². The first kappa shape index (κ1) is 23.2. The lowest BCUT2D eigenvalue weighted by Gasteiger charge is -2.67. The highest BCUT2D eigenvalue weighted by molar-refractivity contribution is 5.98. The molecule has 196 valence electrons. The molecule has 36 heavy (non-hydrogen) atoms. The van der Waals surface area contributed by atoms with Crippen molar-refractivity contribution in [3.8, 4) is 11.5 Å². The number of carbonyl (C=O) groups excluding carboxylic acids is 1. The van der Waals surface area contributed by atoms with E-state index in [1.807, 2.05) is 27.7 Å². The van der Waals surface area contributed by atoms with E-state index >= 15 is 0 Å². The Morgan fingerprint density at radius 2 is 1.86 bits per heavy atom. The summed E-state index contributed by atoms with van der Waals surface area (Å²) >= 11 is 0. The summed E-state index contributed by atoms with van der Waals surface area (Å²) in [5.41, 5.74) is -2.16. The third-order valence-corrected chi connectivity index (χ3v) is 10.1. The second-order valence-electron chi connectivity index (χ2n) is 11.8. The van der Waals surface area contributed by atoms with E-state index in [9.17, 15) is 15.0 Å². The zero-order valence-corrected chi connectivity index (χ0v) is 21.4. The molecule has 0 radical (unpaired) electrons. The molecule has 2 bridgehead atoms. The van der Waals surface area contributed by atoms with Crippen molar-refractivity contribution < 1.29 is 48.2 Å². The molecule has 10 heteroatoms. The molecule has 7 rings (SSSR count). The zero-order chi connectivity index (χ0) is 25.7. The van der Waals surface area contributed by atoms with Gasteiger partial charge in [0.1, 0.15) is 34.9 Å². The van der Waals surface area contributed by atoms with Crippen LogP contribution >= 0.6 is 0 Å². The summed E-state index contributed by atoms with van der Waals surface area (Å²) < 4.78 is 42.7. The Kier molecular flexibility index (Phi) is 4.10. The average Bonchev–Trinajstić information content (AvgIpc) is 3.38. The van der Waals surface area contributed by atoms with Gasteiger partial charge in [0.2, 0.25) is 5.79 Å². The third-order valence-electron chi connectivity index (χ3n) is 10.1. The summed E-state index contributed by atoms with van der Waals surface area (Å²) in [6.45, 7) is 7.82. The maximum atomic E-state index is 12.7. The maximum absolute atomic E-state index is 12.7. The molecular formula is C26H32O10. The fourth-order valence-corrected chi connectivity index (χ4v) is 8.91. The normalized spacial score (nSPS) is 49.5. The molecule has 6 aliphatic rings. The Morgan fingerprint density at radius 1 is 1.11 bits per heavy atom. The average molecular weight is 505 g/mol. The van der Waals surface area contributed by atoms with Gasteiger partial charge in [-0.15, -0.1) is 0 Å². The number of methoxy groups -OCH3 is 2. The van der Waals surface area contributed by atoms with Crippen LogP contribution in [0.3, 0.4) is 0 Å². The number of carbonyl (C=O) groups is 1. The molecule has 2 N–H and O–H groups in total. The number of fused-ring (bicyclic) bond motifs is 5. The molecule has 0 amide bonds. The van der Waals surface area contributed by atoms with Gasteiger partial charge in [0.25, 0.3) is 5.97 Å². The van der Waals surface area contributed by atoms with Gasteiger partial charge < -0.3 is 43.4 Å². The Bertz CT molecular complexity index is 1230. The summed E-state index contributed by atoms with van der Waals surface area (Å²) in [4.78, 5) is 12.7. The lowest BCUT2D eigenvalue weighted by Crippen LogP contribution is -2.80. The molecule has 1 aromatic rings. The highest BCUT2D eigenvalue weighted by Crippen LogP contribution is 2.77. The van der Waals surface area contributed by atoms with E-state index in [0.29, 0.717) is 40.8 Å². The number of aliphatic hydroxyl groups is 2. The minimum absolute atomic E-state index is 0.0315. The summed E-state index contributed by atoms with van der Waals surface area (Å²) in [6.07, 6.45) is -0.165. The van der Waals surface area contributed by atoms with Gasteiger partial charge in [0, 0.05) is 36.8 Å². The van der Waals surface area contributed by atoms with Gasteiger partial charge >= 0.3 is 5.97 Å². The predicted octanol–water partition coefficient (Wildman–Crippen LogP) is 2.24. The second kappa shape index (κ2) is 6.36. The highest BCUT2D eigenvalue weighted by Gasteiger charge is 2.90. The van der Waals surface area contributed by atoms with Crippen molar-refractivity contribution >= 4 is 5.97 Å². The number of ether oxygens (including phenoxy) is 7. The number of rotatable bonds is 2. The number of esters is 1. The Labute approximate surface area is 208 Å². The van der Waals surface area contributed by atoms with Crippen LogP contribution < -0.4 is 9.47 Å². The minimum atomic E-state index is -1.76. The lowest BCUT2D eigenvalue weighted by molar-refractivity contribution is -0.440. The molecule has 8 atom stereocenters. The van der Waals surface area contributed by atoms with E-state index in [1.54, 1.807) is 0 Å². The SMILES string of the molecule is COc1c2c(c(C)c3c1[C@@H](O)C1[C@@](C)(C[C@]4(O)OC[C@@]5(C)O[C@@]6(OC)CC[C@@]1(C)[C@]54O6)O3)COC2=O. The zero-order valence-electron chi connectivity index (χ0n) is 21.4. The van der Waals surface area contributed by atoms with Gasteiger partial charge in [-0.2, -0.15) is 0 Å². The van der Waals surface area contributed by atoms with Gasteiger partial charge in [-0.1, -0.05) is 6.92 Å². The standard InChI is InChI=1S/C26H32O10/c1-12-13-9-32-20(28)14(13)18(30-5)15-16(27)19-21(2)7-8-25(31-6)35-23(4)11-33-24(29,26(21,23)36-25)10-22(19,3)34-17(12)15/h16,19,27,29H,7-11H2,1-6H3/t16-,19?,21-,22-,23-,24+,25+,26+/m1/s1. The van der Waals surface area contributed by atoms with Crippen LogP contribution in [-0.4, -0.2) is 65.6 Å². The predicted molar refractivity (Wildman–Crippen MR) is 120 cm³/mol. The van der Waals surface area contributed by atoms with E-state index in [0.717, 1.165) is 0 Å². The van der Waals surface area contributed by atoms with E-state index in [1.165, 1.54) is 14.2 Å². The molecule has 1 aromatic carbocycles. The van der Waals surface area contributed by atoms with Crippen molar-refractivity contribution in [1.29, 1.82) is 0 Å². The summed E-state index contributed by atoms with van der Waals surface area (Å²) in [6, 6.07) is 0. The van der Waals surface area contributed by atoms with Crippen molar-refractivity contribution in [2.75, 3.05) is 20.8 Å². The number of hydrogen-bond acceptors (Lipinski definition) is 10. The van der Waals surface area contributed by atoms with Crippen LogP contribution in [0.4, 0.5) is 0 Å². The van der Waals surface area contributed by atoms with Gasteiger partial charge in [0.05, 0.1) is 25.4 Å². The minimum Gasteiger partial charge on any atom is -0.495 e. The van der Waals surface area contributed by atoms with Crippen LogP contribution in [0.2, 0.25) is 0 Å². The van der Waals surface area contributed by atoms with Crippen molar-refractivity contribution in [1.82, 2.24) is 0 Å². The summed E-state index contributed by atoms with van der Waals surface area (Å²) in [5.74, 6) is -3.41. The molecule has 10 nitrogen and oxygen atoms in total. The molecule has 1 spiro atoms. The number of cyclic esters (lactones) is 1. The quantitative estimate of drug-likeness (QED) is 0.580. The summed E-state index contributed by atoms with van der Waals surface area (Å²) in [5, 5.41) is 24.4. The largest absolute Gasteiger partial charge is 0.495 e. The second-order valence-corrected chi connectivity index (χ2v) is 11.8. The first-order valence-corrected chi connectivity index (χ1v) is 12.4. The maximum Gasteiger partial charge on any atom is 0.342 e. The highest BCUT2D eigenvalue weighted by atomic mass is 16.9. The molecule has 1 saturated carbocycles. The van der Waals surface area contributed by atoms with Crippen molar-refractivity contribution in [2.45, 2.75) is 88.2 Å². The monoisotopic (exact) mass is 504 g/mol. The van der Waals surface area contributed by atoms with Gasteiger partial charge in [-0.05, 0) is 32.8 Å². The third kappa shape index (κ3) is 2.14. The van der Waals surface area contributed by atoms with E-state index in [-0.39, 0.29) is 25.4 Å². The molecule has 5 heterocycles. The van der Waals surface area contributed by atoms with Crippen LogP contribution in [0, 0.1) is 18.3 Å². The number of benzene rings is 1. The molecule has 1 unspecified atom stereocenters. The lowest BCUT2D eigenvalue weighted by atomic mass is 9.44. The Morgan fingerprint density at radius 3 is 2.56 bits per heavy atom. The Hall–Kier alpha value is -1.95. The topological polar surface area (TPSA) is 122 Å². The number of aliphatic hydroxyl groups excluding tert-OH is 1. The van der Waals surface area contributed by atoms with Crippen molar-refractivity contribution in [2.24, 2.45) is 11.3 Å². The van der Waals surface area contributed by atoms with E-state index < -0.39 is 52.0 Å². The fraction of sp³-hybridized carbons (Fsp3) is 0.731. The Balaban J connectivity index is 1.49. The molecule has 0 aromatic heterocycles. The smallest absolute Gasteiger partial charge is 0.342 e.